The summed E-state index contributed by atoms with van der Waals surface area (Å²) in [5.41, 5.74) is 0.980. The van der Waals surface area contributed by atoms with Crippen LogP contribution in [0, 0.1) is 11.6 Å². The Kier molecular flexibility index (Phi) is 6.62. The third kappa shape index (κ3) is 4.33. The third-order valence-electron chi connectivity index (χ3n) is 5.25. The fourth-order valence-electron chi connectivity index (χ4n) is 3.84. The van der Waals surface area contributed by atoms with Crippen LogP contribution < -0.4 is 10.2 Å². The summed E-state index contributed by atoms with van der Waals surface area (Å²) in [4.78, 5) is 16.8. The number of anilines is 2. The van der Waals surface area contributed by atoms with Crippen LogP contribution in [0.25, 0.3) is 0 Å². The van der Waals surface area contributed by atoms with Gasteiger partial charge in [0.15, 0.2) is 11.6 Å². The van der Waals surface area contributed by atoms with Crippen LogP contribution in [0.3, 0.4) is 0 Å². The molecule has 150 valence electrons. The molecule has 1 amide bonds. The highest BCUT2D eigenvalue weighted by atomic mass is 19.1. The Labute approximate surface area is 165 Å². The van der Waals surface area contributed by atoms with Crippen molar-refractivity contribution in [2.75, 3.05) is 36.4 Å². The van der Waals surface area contributed by atoms with Crippen LogP contribution in [0.4, 0.5) is 20.2 Å². The summed E-state index contributed by atoms with van der Waals surface area (Å²) in [7, 11) is 0. The highest BCUT2D eigenvalue weighted by molar-refractivity contribution is 5.95. The van der Waals surface area contributed by atoms with Gasteiger partial charge in [-0.3, -0.25) is 9.69 Å². The van der Waals surface area contributed by atoms with Gasteiger partial charge in [-0.1, -0.05) is 44.2 Å². The first kappa shape index (κ1) is 20.3. The molecule has 0 spiro atoms. The van der Waals surface area contributed by atoms with Gasteiger partial charge in [0, 0.05) is 18.8 Å². The molecule has 1 atom stereocenters. The average molecular weight is 387 g/mol. The molecule has 4 nitrogen and oxygen atoms in total. The van der Waals surface area contributed by atoms with E-state index in [0.29, 0.717) is 26.2 Å². The second-order valence-corrected chi connectivity index (χ2v) is 7.01. The second kappa shape index (κ2) is 9.15. The fraction of sp³-hybridized carbons (Fsp3) is 0.409. The van der Waals surface area contributed by atoms with E-state index in [9.17, 15) is 13.6 Å². The van der Waals surface area contributed by atoms with Gasteiger partial charge in [0.2, 0.25) is 5.91 Å². The Morgan fingerprint density at radius 3 is 2.18 bits per heavy atom. The molecule has 1 heterocycles. The first-order valence-electron chi connectivity index (χ1n) is 9.89. The Balaban J connectivity index is 1.85. The molecule has 1 N–H and O–H groups in total. The van der Waals surface area contributed by atoms with Crippen molar-refractivity contribution in [1.29, 1.82) is 0 Å². The van der Waals surface area contributed by atoms with Crippen LogP contribution in [0.1, 0.15) is 38.3 Å². The molecule has 3 rings (SSSR count). The molecule has 1 aliphatic heterocycles. The fourth-order valence-corrected chi connectivity index (χ4v) is 3.84. The first-order valence-corrected chi connectivity index (χ1v) is 9.89. The Morgan fingerprint density at radius 1 is 1.07 bits per heavy atom. The van der Waals surface area contributed by atoms with Crippen molar-refractivity contribution >= 4 is 17.3 Å². The van der Waals surface area contributed by atoms with Crippen LogP contribution in [0.2, 0.25) is 0 Å². The molecular formula is C22H27F2N3O. The smallest absolute Gasteiger partial charge is 0.246 e. The number of amides is 1. The summed E-state index contributed by atoms with van der Waals surface area (Å²) >= 11 is 0. The number of rotatable bonds is 7. The lowest BCUT2D eigenvalue weighted by Crippen LogP contribution is -2.37. The molecule has 0 radical (unpaired) electrons. The summed E-state index contributed by atoms with van der Waals surface area (Å²) in [6.45, 7) is 6.63. The first-order chi connectivity index (χ1) is 13.5. The SMILES string of the molecule is CCN(CC)C(C(=O)Nc1cc(F)c(N2CCCC2)c(F)c1)c1ccccc1. The molecule has 0 saturated carbocycles. The highest BCUT2D eigenvalue weighted by Crippen LogP contribution is 2.30. The topological polar surface area (TPSA) is 35.6 Å². The average Bonchev–Trinajstić information content (AvgIpc) is 3.20. The van der Waals surface area contributed by atoms with Crippen LogP contribution >= 0.6 is 0 Å². The van der Waals surface area contributed by atoms with Gasteiger partial charge in [0.05, 0.1) is 0 Å². The van der Waals surface area contributed by atoms with Crippen molar-refractivity contribution in [2.24, 2.45) is 0 Å². The van der Waals surface area contributed by atoms with Crippen LogP contribution in [-0.2, 0) is 4.79 Å². The van der Waals surface area contributed by atoms with Crippen LogP contribution in [0.15, 0.2) is 42.5 Å². The number of nitrogens with zero attached hydrogens (tertiary/aromatic N) is 2. The Hall–Kier alpha value is -2.47. The van der Waals surface area contributed by atoms with Crippen molar-refractivity contribution < 1.29 is 13.6 Å². The van der Waals surface area contributed by atoms with Gasteiger partial charge in [-0.25, -0.2) is 8.78 Å². The number of halogens is 2. The predicted octanol–water partition coefficient (Wildman–Crippen LogP) is 4.59. The number of nitrogens with one attached hydrogen (secondary N) is 1. The van der Waals surface area contributed by atoms with Gasteiger partial charge in [-0.2, -0.15) is 0 Å². The van der Waals surface area contributed by atoms with E-state index < -0.39 is 17.7 Å². The molecule has 1 fully saturated rings. The minimum Gasteiger partial charge on any atom is -0.367 e. The zero-order valence-corrected chi connectivity index (χ0v) is 16.4. The van der Waals surface area contributed by atoms with Crippen molar-refractivity contribution in [3.8, 4) is 0 Å². The Bertz CT molecular complexity index is 780. The van der Waals surface area contributed by atoms with Gasteiger partial charge in [-0.05, 0) is 43.6 Å². The van der Waals surface area contributed by atoms with E-state index in [1.165, 1.54) is 12.1 Å². The molecule has 0 bridgehead atoms. The normalized spacial score (nSPS) is 15.1. The molecule has 6 heteroatoms. The number of hydrogen-bond acceptors (Lipinski definition) is 3. The second-order valence-electron chi connectivity index (χ2n) is 7.01. The highest BCUT2D eigenvalue weighted by Gasteiger charge is 2.27. The minimum atomic E-state index is -0.642. The maximum Gasteiger partial charge on any atom is 0.246 e. The van der Waals surface area contributed by atoms with Crippen LogP contribution in [0.5, 0.6) is 0 Å². The molecular weight excluding hydrogens is 360 g/mol. The number of carbonyl (C=O) groups excluding carboxylic acids is 1. The summed E-state index contributed by atoms with van der Waals surface area (Å²) < 4.78 is 29.2. The largest absolute Gasteiger partial charge is 0.367 e. The zero-order chi connectivity index (χ0) is 20.1. The van der Waals surface area contributed by atoms with Gasteiger partial charge in [0.1, 0.15) is 11.7 Å². The number of hydrogen-bond donors (Lipinski definition) is 1. The van der Waals surface area contributed by atoms with Crippen LogP contribution in [-0.4, -0.2) is 37.0 Å². The van der Waals surface area contributed by atoms with E-state index in [4.69, 9.17) is 0 Å². The standard InChI is InChI=1S/C22H27F2N3O/c1-3-26(4-2)20(16-10-6-5-7-11-16)22(28)25-17-14-18(23)21(19(24)15-17)27-12-8-9-13-27/h5-7,10-11,14-15,20H,3-4,8-9,12-13H2,1-2H3,(H,25,28). The summed E-state index contributed by atoms with van der Waals surface area (Å²) in [5, 5.41) is 2.71. The molecule has 0 aliphatic carbocycles. The lowest BCUT2D eigenvalue weighted by atomic mass is 10.0. The van der Waals surface area contributed by atoms with E-state index in [1.54, 1.807) is 4.90 Å². The maximum atomic E-state index is 14.6. The number of likely N-dealkylation sites (N-methyl/N-ethyl adjacent to an activating group) is 1. The predicted molar refractivity (Wildman–Crippen MR) is 109 cm³/mol. The Morgan fingerprint density at radius 2 is 1.64 bits per heavy atom. The summed E-state index contributed by atoms with van der Waals surface area (Å²) in [6, 6.07) is 11.3. The van der Waals surface area contributed by atoms with Gasteiger partial charge in [-0.15, -0.1) is 0 Å². The zero-order valence-electron chi connectivity index (χ0n) is 16.4. The lowest BCUT2D eigenvalue weighted by Gasteiger charge is -2.29. The van der Waals surface area contributed by atoms with Crippen molar-refractivity contribution in [3.05, 3.63) is 59.7 Å². The molecule has 1 unspecified atom stereocenters. The van der Waals surface area contributed by atoms with Crippen molar-refractivity contribution in [1.82, 2.24) is 4.90 Å². The maximum absolute atomic E-state index is 14.6. The molecule has 2 aromatic carbocycles. The van der Waals surface area contributed by atoms with E-state index in [0.717, 1.165) is 18.4 Å². The van der Waals surface area contributed by atoms with E-state index in [2.05, 4.69) is 5.32 Å². The monoisotopic (exact) mass is 387 g/mol. The minimum absolute atomic E-state index is 0.00106. The molecule has 1 aliphatic rings. The van der Waals surface area contributed by atoms with E-state index in [-0.39, 0.29) is 17.3 Å². The van der Waals surface area contributed by atoms with E-state index >= 15 is 0 Å². The summed E-state index contributed by atoms with van der Waals surface area (Å²) in [5.74, 6) is -1.59. The van der Waals surface area contributed by atoms with Crippen molar-refractivity contribution in [2.45, 2.75) is 32.7 Å². The number of benzene rings is 2. The van der Waals surface area contributed by atoms with E-state index in [1.807, 2.05) is 49.1 Å². The quantitative estimate of drug-likeness (QED) is 0.755. The molecule has 28 heavy (non-hydrogen) atoms. The third-order valence-corrected chi connectivity index (χ3v) is 5.25. The van der Waals surface area contributed by atoms with Gasteiger partial charge in [0.25, 0.3) is 0 Å². The molecule has 0 aromatic heterocycles. The summed E-state index contributed by atoms with van der Waals surface area (Å²) in [6.07, 6.45) is 1.86. The van der Waals surface area contributed by atoms with Gasteiger partial charge < -0.3 is 10.2 Å². The lowest BCUT2D eigenvalue weighted by molar-refractivity contribution is -0.121. The van der Waals surface area contributed by atoms with Crippen molar-refractivity contribution in [3.63, 3.8) is 0 Å². The molecule has 2 aromatic rings. The van der Waals surface area contributed by atoms with Gasteiger partial charge >= 0.3 is 0 Å². The number of carbonyl (C=O) groups is 1. The molecule has 1 saturated heterocycles.